The molecule has 0 bridgehead atoms. The van der Waals surface area contributed by atoms with Crippen molar-refractivity contribution in [3.8, 4) is 11.5 Å². The van der Waals surface area contributed by atoms with Crippen molar-refractivity contribution in [2.24, 2.45) is 0 Å². The molecule has 0 aliphatic heterocycles. The van der Waals surface area contributed by atoms with Crippen LogP contribution in [0, 0.1) is 0 Å². The summed E-state index contributed by atoms with van der Waals surface area (Å²) >= 11 is 6.10. The Kier molecular flexibility index (Phi) is 11.6. The zero-order chi connectivity index (χ0) is 24.1. The number of aliphatic carboxylic acids is 1. The van der Waals surface area contributed by atoms with E-state index in [-0.39, 0.29) is 6.42 Å². The van der Waals surface area contributed by atoms with Crippen LogP contribution in [0.4, 0.5) is 4.79 Å². The fraction of sp³-hybridized carbons (Fsp3) is 0.440. The highest BCUT2D eigenvalue weighted by Gasteiger charge is 2.19. The van der Waals surface area contributed by atoms with E-state index in [2.05, 4.69) is 6.92 Å². The number of amides is 1. The number of carboxylic acid groups (broad SMARTS) is 1. The highest BCUT2D eigenvalue weighted by molar-refractivity contribution is 6.32. The van der Waals surface area contributed by atoms with Crippen molar-refractivity contribution in [2.45, 2.75) is 45.6 Å². The lowest BCUT2D eigenvalue weighted by atomic mass is 10.1. The number of ether oxygens (including phenoxy) is 3. The van der Waals surface area contributed by atoms with E-state index < -0.39 is 18.2 Å². The largest absolute Gasteiger partial charge is 0.492 e. The molecule has 0 spiro atoms. The maximum Gasteiger partial charge on any atom is 0.415 e. The first-order valence-corrected chi connectivity index (χ1v) is 11.6. The molecule has 180 valence electrons. The number of para-hydroxylation sites is 1. The zero-order valence-electron chi connectivity index (χ0n) is 19.2. The third-order valence-corrected chi connectivity index (χ3v) is 5.25. The second kappa shape index (κ2) is 14.4. The van der Waals surface area contributed by atoms with Crippen LogP contribution in [0.1, 0.15) is 38.7 Å². The summed E-state index contributed by atoms with van der Waals surface area (Å²) in [5.41, 5.74) is 0.840. The van der Waals surface area contributed by atoms with Gasteiger partial charge in [0.05, 0.1) is 11.6 Å². The van der Waals surface area contributed by atoms with E-state index in [0.717, 1.165) is 24.8 Å². The quantitative estimate of drug-likeness (QED) is 0.364. The van der Waals surface area contributed by atoms with Crippen molar-refractivity contribution in [1.82, 2.24) is 4.90 Å². The van der Waals surface area contributed by atoms with Crippen LogP contribution in [-0.2, 0) is 16.0 Å². The van der Waals surface area contributed by atoms with Gasteiger partial charge in [0.1, 0.15) is 12.4 Å². The minimum absolute atomic E-state index is 0.280. The molecule has 2 rings (SSSR count). The normalized spacial score (nSPS) is 11.6. The van der Waals surface area contributed by atoms with Crippen LogP contribution in [0.25, 0.3) is 0 Å². The van der Waals surface area contributed by atoms with Crippen molar-refractivity contribution in [1.29, 1.82) is 0 Å². The van der Waals surface area contributed by atoms with E-state index in [1.807, 2.05) is 12.1 Å². The summed E-state index contributed by atoms with van der Waals surface area (Å²) in [7, 11) is 0. The maximum absolute atomic E-state index is 12.7. The van der Waals surface area contributed by atoms with Gasteiger partial charge in [-0.15, -0.1) is 0 Å². The van der Waals surface area contributed by atoms with E-state index in [1.165, 1.54) is 0 Å². The SMILES string of the molecule is CCCCCN(CCOc1ccc(CC(OCC)C(=O)O)cc1)C(=O)Oc1ccccc1Cl. The number of benzene rings is 2. The highest BCUT2D eigenvalue weighted by Crippen LogP contribution is 2.24. The molecular weight excluding hydrogens is 446 g/mol. The molecule has 2 aromatic rings. The van der Waals surface area contributed by atoms with Crippen molar-refractivity contribution >= 4 is 23.7 Å². The summed E-state index contributed by atoms with van der Waals surface area (Å²) in [6, 6.07) is 14.1. The lowest BCUT2D eigenvalue weighted by molar-refractivity contribution is -0.149. The van der Waals surface area contributed by atoms with Crippen molar-refractivity contribution < 1.29 is 28.9 Å². The molecule has 7 nitrogen and oxygen atoms in total. The first-order valence-electron chi connectivity index (χ1n) is 11.2. The lowest BCUT2D eigenvalue weighted by Crippen LogP contribution is -2.37. The minimum atomic E-state index is -0.982. The van der Waals surface area contributed by atoms with E-state index in [9.17, 15) is 14.7 Å². The second-order valence-corrected chi connectivity index (χ2v) is 7.88. The Morgan fingerprint density at radius 3 is 2.39 bits per heavy atom. The Hall–Kier alpha value is -2.77. The molecule has 1 unspecified atom stereocenters. The summed E-state index contributed by atoms with van der Waals surface area (Å²) in [5.74, 6) is -0.0214. The van der Waals surface area contributed by atoms with Crippen LogP contribution in [0.5, 0.6) is 11.5 Å². The third-order valence-electron chi connectivity index (χ3n) is 4.94. The van der Waals surface area contributed by atoms with Crippen molar-refractivity contribution in [2.75, 3.05) is 26.3 Å². The van der Waals surface area contributed by atoms with Crippen LogP contribution in [0.15, 0.2) is 48.5 Å². The molecule has 0 saturated heterocycles. The maximum atomic E-state index is 12.7. The van der Waals surface area contributed by atoms with E-state index in [4.69, 9.17) is 25.8 Å². The number of carbonyl (C=O) groups excluding carboxylic acids is 1. The Morgan fingerprint density at radius 2 is 1.76 bits per heavy atom. The number of halogens is 1. The summed E-state index contributed by atoms with van der Waals surface area (Å²) in [6.07, 6.45) is 1.87. The molecule has 0 aliphatic carbocycles. The molecule has 2 aromatic carbocycles. The van der Waals surface area contributed by atoms with Gasteiger partial charge in [0, 0.05) is 19.6 Å². The summed E-state index contributed by atoms with van der Waals surface area (Å²) in [5, 5.41) is 9.60. The molecule has 33 heavy (non-hydrogen) atoms. The molecule has 0 fully saturated rings. The number of nitrogens with zero attached hydrogens (tertiary/aromatic N) is 1. The van der Waals surface area contributed by atoms with Gasteiger partial charge in [0.25, 0.3) is 0 Å². The Labute approximate surface area is 200 Å². The molecule has 0 aliphatic rings. The molecule has 0 saturated carbocycles. The Bertz CT molecular complexity index is 873. The molecule has 1 amide bonds. The van der Waals surface area contributed by atoms with Gasteiger partial charge in [-0.3, -0.25) is 0 Å². The van der Waals surface area contributed by atoms with Gasteiger partial charge in [-0.1, -0.05) is 55.6 Å². The average molecular weight is 478 g/mol. The van der Waals surface area contributed by atoms with E-state index in [0.29, 0.717) is 42.8 Å². The molecule has 0 heterocycles. The smallest absolute Gasteiger partial charge is 0.415 e. The molecule has 0 aromatic heterocycles. The molecule has 1 atom stereocenters. The first-order chi connectivity index (χ1) is 15.9. The van der Waals surface area contributed by atoms with Gasteiger partial charge < -0.3 is 24.2 Å². The number of hydrogen-bond acceptors (Lipinski definition) is 5. The Morgan fingerprint density at radius 1 is 1.03 bits per heavy atom. The summed E-state index contributed by atoms with van der Waals surface area (Å²) in [6.45, 7) is 5.42. The van der Waals surface area contributed by atoms with E-state index >= 15 is 0 Å². The molecular formula is C25H32ClNO6. The predicted molar refractivity (Wildman–Crippen MR) is 127 cm³/mol. The topological polar surface area (TPSA) is 85.3 Å². The number of unbranched alkanes of at least 4 members (excludes halogenated alkanes) is 2. The van der Waals surface area contributed by atoms with Crippen LogP contribution < -0.4 is 9.47 Å². The van der Waals surface area contributed by atoms with Gasteiger partial charge in [0.15, 0.2) is 11.9 Å². The second-order valence-electron chi connectivity index (χ2n) is 7.47. The van der Waals surface area contributed by atoms with Gasteiger partial charge >= 0.3 is 12.1 Å². The van der Waals surface area contributed by atoms with Gasteiger partial charge in [-0.2, -0.15) is 0 Å². The van der Waals surface area contributed by atoms with E-state index in [1.54, 1.807) is 48.2 Å². The first kappa shape index (κ1) is 26.5. The molecule has 8 heteroatoms. The molecule has 1 N–H and O–H groups in total. The summed E-state index contributed by atoms with van der Waals surface area (Å²) < 4.78 is 16.5. The lowest BCUT2D eigenvalue weighted by Gasteiger charge is -2.22. The third kappa shape index (κ3) is 9.32. The number of hydrogen-bond donors (Lipinski definition) is 1. The minimum Gasteiger partial charge on any atom is -0.492 e. The number of carbonyl (C=O) groups is 2. The van der Waals surface area contributed by atoms with Crippen LogP contribution >= 0.6 is 11.6 Å². The zero-order valence-corrected chi connectivity index (χ0v) is 19.9. The molecule has 0 radical (unpaired) electrons. The van der Waals surface area contributed by atoms with Crippen LogP contribution in [0.2, 0.25) is 5.02 Å². The highest BCUT2D eigenvalue weighted by atomic mass is 35.5. The van der Waals surface area contributed by atoms with Gasteiger partial charge in [-0.05, 0) is 43.2 Å². The predicted octanol–water partition coefficient (Wildman–Crippen LogP) is 5.44. The fourth-order valence-corrected chi connectivity index (χ4v) is 3.34. The fourth-order valence-electron chi connectivity index (χ4n) is 3.16. The van der Waals surface area contributed by atoms with Crippen LogP contribution in [-0.4, -0.2) is 54.5 Å². The average Bonchev–Trinajstić information content (AvgIpc) is 2.80. The van der Waals surface area contributed by atoms with Crippen molar-refractivity contribution in [3.05, 3.63) is 59.1 Å². The number of rotatable bonds is 14. The monoisotopic (exact) mass is 477 g/mol. The Balaban J connectivity index is 1.90. The number of carboxylic acids is 1. The van der Waals surface area contributed by atoms with Crippen LogP contribution in [0.3, 0.4) is 0 Å². The van der Waals surface area contributed by atoms with Gasteiger partial charge in [-0.25, -0.2) is 9.59 Å². The van der Waals surface area contributed by atoms with Crippen molar-refractivity contribution in [3.63, 3.8) is 0 Å². The standard InChI is InChI=1S/C25H32ClNO6/c1-3-5-8-15-27(25(30)33-22-10-7-6-9-21(22)26)16-17-32-20-13-11-19(12-14-20)18-23(24(28)29)31-4-2/h6-7,9-14,23H,3-5,8,15-18H2,1-2H3,(H,28,29). The summed E-state index contributed by atoms with van der Waals surface area (Å²) in [4.78, 5) is 25.6. The van der Waals surface area contributed by atoms with Gasteiger partial charge in [0.2, 0.25) is 0 Å².